The molecule has 0 spiro atoms. The van der Waals surface area contributed by atoms with Crippen LogP contribution in [-0.2, 0) is 0 Å². The zero-order valence-electron chi connectivity index (χ0n) is 8.30. The van der Waals surface area contributed by atoms with E-state index in [4.69, 9.17) is 0 Å². The van der Waals surface area contributed by atoms with Crippen molar-refractivity contribution in [2.45, 2.75) is 25.9 Å². The van der Waals surface area contributed by atoms with Crippen molar-refractivity contribution in [1.82, 2.24) is 10.6 Å². The third-order valence-corrected chi connectivity index (χ3v) is 2.16. The molecule has 0 amide bonds. The lowest BCUT2D eigenvalue weighted by Crippen LogP contribution is -2.55. The van der Waals surface area contributed by atoms with Gasteiger partial charge in [-0.3, -0.25) is 10.6 Å². The standard InChI is InChI=1S/C10H18N2O/c1-3-11-10(12-4-2)7-5-9(13)6-8-10/h5-7,11-13H,3-4,8H2,1-2H3. The van der Waals surface area contributed by atoms with Gasteiger partial charge in [-0.15, -0.1) is 0 Å². The fourth-order valence-corrected chi connectivity index (χ4v) is 1.58. The smallest absolute Gasteiger partial charge is 0.111 e. The van der Waals surface area contributed by atoms with Crippen LogP contribution in [0.25, 0.3) is 0 Å². The Morgan fingerprint density at radius 3 is 2.38 bits per heavy atom. The first-order chi connectivity index (χ1) is 6.22. The maximum atomic E-state index is 9.20. The summed E-state index contributed by atoms with van der Waals surface area (Å²) in [6.45, 7) is 5.97. The molecule has 3 N–H and O–H groups in total. The van der Waals surface area contributed by atoms with E-state index in [1.54, 1.807) is 6.08 Å². The molecule has 0 heterocycles. The molecule has 3 nitrogen and oxygen atoms in total. The average molecular weight is 182 g/mol. The largest absolute Gasteiger partial charge is 0.508 e. The lowest BCUT2D eigenvalue weighted by Gasteiger charge is -2.33. The Hall–Kier alpha value is -0.800. The van der Waals surface area contributed by atoms with Crippen LogP contribution in [0.3, 0.4) is 0 Å². The Labute approximate surface area is 79.5 Å². The second kappa shape index (κ2) is 4.44. The highest BCUT2D eigenvalue weighted by Crippen LogP contribution is 2.16. The molecule has 1 aliphatic rings. The summed E-state index contributed by atoms with van der Waals surface area (Å²) >= 11 is 0. The first kappa shape index (κ1) is 10.3. The number of likely N-dealkylation sites (N-methyl/N-ethyl adjacent to an activating group) is 2. The van der Waals surface area contributed by atoms with E-state index in [0.29, 0.717) is 5.76 Å². The molecule has 0 bridgehead atoms. The van der Waals surface area contributed by atoms with E-state index in [2.05, 4.69) is 24.5 Å². The molecule has 0 aliphatic heterocycles. The first-order valence-corrected chi connectivity index (χ1v) is 4.81. The number of aliphatic hydroxyl groups excluding tert-OH is 1. The Bertz CT molecular complexity index is 215. The van der Waals surface area contributed by atoms with Gasteiger partial charge in [0.15, 0.2) is 0 Å². The molecule has 74 valence electrons. The van der Waals surface area contributed by atoms with Crippen molar-refractivity contribution in [2.24, 2.45) is 0 Å². The van der Waals surface area contributed by atoms with Crippen molar-refractivity contribution in [3.05, 3.63) is 24.0 Å². The van der Waals surface area contributed by atoms with Crippen molar-refractivity contribution in [3.8, 4) is 0 Å². The van der Waals surface area contributed by atoms with Crippen molar-refractivity contribution < 1.29 is 5.11 Å². The van der Waals surface area contributed by atoms with E-state index in [9.17, 15) is 5.11 Å². The van der Waals surface area contributed by atoms with Gasteiger partial charge in [0.2, 0.25) is 0 Å². The van der Waals surface area contributed by atoms with E-state index in [1.807, 2.05) is 12.2 Å². The van der Waals surface area contributed by atoms with Gasteiger partial charge in [0, 0.05) is 6.42 Å². The fourth-order valence-electron chi connectivity index (χ4n) is 1.58. The number of aliphatic hydroxyl groups is 1. The minimum Gasteiger partial charge on any atom is -0.508 e. The summed E-state index contributed by atoms with van der Waals surface area (Å²) in [6, 6.07) is 0. The van der Waals surface area contributed by atoms with Gasteiger partial charge in [-0.25, -0.2) is 0 Å². The Morgan fingerprint density at radius 2 is 2.00 bits per heavy atom. The van der Waals surface area contributed by atoms with Gasteiger partial charge in [-0.1, -0.05) is 13.8 Å². The van der Waals surface area contributed by atoms with Crippen LogP contribution in [0, 0.1) is 0 Å². The molecule has 1 aliphatic carbocycles. The Morgan fingerprint density at radius 1 is 1.38 bits per heavy atom. The predicted molar refractivity (Wildman–Crippen MR) is 54.6 cm³/mol. The lowest BCUT2D eigenvalue weighted by molar-refractivity contribution is 0.324. The van der Waals surface area contributed by atoms with E-state index in [0.717, 1.165) is 19.5 Å². The number of hydrogen-bond donors (Lipinski definition) is 3. The van der Waals surface area contributed by atoms with Crippen LogP contribution in [0.1, 0.15) is 20.3 Å². The molecular formula is C10H18N2O. The molecular weight excluding hydrogens is 164 g/mol. The van der Waals surface area contributed by atoms with Crippen LogP contribution in [0.5, 0.6) is 0 Å². The van der Waals surface area contributed by atoms with Crippen LogP contribution >= 0.6 is 0 Å². The van der Waals surface area contributed by atoms with E-state index in [1.165, 1.54) is 0 Å². The van der Waals surface area contributed by atoms with Gasteiger partial charge in [0.05, 0.1) is 5.66 Å². The number of hydrogen-bond acceptors (Lipinski definition) is 3. The zero-order valence-corrected chi connectivity index (χ0v) is 8.30. The molecule has 0 aromatic rings. The highest BCUT2D eigenvalue weighted by Gasteiger charge is 2.25. The van der Waals surface area contributed by atoms with Gasteiger partial charge < -0.3 is 5.11 Å². The van der Waals surface area contributed by atoms with Gasteiger partial charge in [-0.05, 0) is 31.3 Å². The molecule has 0 aromatic carbocycles. The number of allylic oxidation sites excluding steroid dienone is 1. The second-order valence-corrected chi connectivity index (χ2v) is 3.20. The maximum Gasteiger partial charge on any atom is 0.111 e. The molecule has 0 fully saturated rings. The molecule has 1 rings (SSSR count). The summed E-state index contributed by atoms with van der Waals surface area (Å²) in [4.78, 5) is 0. The topological polar surface area (TPSA) is 44.3 Å². The third kappa shape index (κ3) is 2.57. The third-order valence-electron chi connectivity index (χ3n) is 2.16. The van der Waals surface area contributed by atoms with Crippen molar-refractivity contribution in [2.75, 3.05) is 13.1 Å². The molecule has 13 heavy (non-hydrogen) atoms. The Balaban J connectivity index is 2.65. The lowest BCUT2D eigenvalue weighted by atomic mass is 10.00. The summed E-state index contributed by atoms with van der Waals surface area (Å²) in [5.41, 5.74) is -0.157. The molecule has 0 radical (unpaired) electrons. The summed E-state index contributed by atoms with van der Waals surface area (Å²) < 4.78 is 0. The van der Waals surface area contributed by atoms with E-state index < -0.39 is 0 Å². The Kier molecular flexibility index (Phi) is 3.51. The highest BCUT2D eigenvalue weighted by atomic mass is 16.3. The van der Waals surface area contributed by atoms with E-state index in [-0.39, 0.29) is 5.66 Å². The number of nitrogens with one attached hydrogen (secondary N) is 2. The number of rotatable bonds is 4. The maximum absolute atomic E-state index is 9.20. The van der Waals surface area contributed by atoms with Crippen LogP contribution in [0.15, 0.2) is 24.0 Å². The molecule has 0 aromatic heterocycles. The highest BCUT2D eigenvalue weighted by molar-refractivity contribution is 5.23. The van der Waals surface area contributed by atoms with Crippen molar-refractivity contribution in [1.29, 1.82) is 0 Å². The van der Waals surface area contributed by atoms with Crippen molar-refractivity contribution in [3.63, 3.8) is 0 Å². The molecule has 0 saturated heterocycles. The first-order valence-electron chi connectivity index (χ1n) is 4.81. The van der Waals surface area contributed by atoms with E-state index >= 15 is 0 Å². The van der Waals surface area contributed by atoms with Crippen LogP contribution in [0.2, 0.25) is 0 Å². The summed E-state index contributed by atoms with van der Waals surface area (Å²) in [6.07, 6.45) is 6.33. The summed E-state index contributed by atoms with van der Waals surface area (Å²) in [5, 5.41) is 15.9. The van der Waals surface area contributed by atoms with Gasteiger partial charge >= 0.3 is 0 Å². The van der Waals surface area contributed by atoms with Crippen LogP contribution in [-0.4, -0.2) is 23.9 Å². The quantitative estimate of drug-likeness (QED) is 0.574. The molecule has 0 unspecified atom stereocenters. The molecule has 0 saturated carbocycles. The zero-order chi connectivity index (χ0) is 9.73. The monoisotopic (exact) mass is 182 g/mol. The normalized spacial score (nSPS) is 20.0. The van der Waals surface area contributed by atoms with Crippen LogP contribution in [0.4, 0.5) is 0 Å². The second-order valence-electron chi connectivity index (χ2n) is 3.20. The summed E-state index contributed by atoms with van der Waals surface area (Å²) in [7, 11) is 0. The van der Waals surface area contributed by atoms with Gasteiger partial charge in [0.1, 0.15) is 5.76 Å². The van der Waals surface area contributed by atoms with Crippen LogP contribution < -0.4 is 10.6 Å². The SMILES string of the molecule is CCNC1(NCC)C=CC(O)=CC1. The summed E-state index contributed by atoms with van der Waals surface area (Å²) in [5.74, 6) is 0.353. The van der Waals surface area contributed by atoms with Crippen molar-refractivity contribution >= 4 is 0 Å². The van der Waals surface area contributed by atoms with Gasteiger partial charge in [0.25, 0.3) is 0 Å². The minimum atomic E-state index is -0.157. The minimum absolute atomic E-state index is 0.157. The van der Waals surface area contributed by atoms with Gasteiger partial charge in [-0.2, -0.15) is 0 Å². The predicted octanol–water partition coefficient (Wildman–Crippen LogP) is 1.30. The molecule has 3 heteroatoms. The fraction of sp³-hybridized carbons (Fsp3) is 0.600. The average Bonchev–Trinajstić information content (AvgIpc) is 2.11. The molecule has 0 atom stereocenters.